The summed E-state index contributed by atoms with van der Waals surface area (Å²) in [5.41, 5.74) is 2.97. The van der Waals surface area contributed by atoms with Crippen molar-refractivity contribution in [2.75, 3.05) is 5.75 Å². The lowest BCUT2D eigenvalue weighted by Gasteiger charge is -2.26. The molecule has 6 nitrogen and oxygen atoms in total. The van der Waals surface area contributed by atoms with Crippen LogP contribution >= 0.6 is 23.1 Å². The van der Waals surface area contributed by atoms with Gasteiger partial charge in [-0.15, -0.1) is 28.1 Å². The number of ether oxygens (including phenoxy) is 1. The average molecular weight is 453 g/mol. The molecule has 0 spiro atoms. The van der Waals surface area contributed by atoms with Crippen LogP contribution in [0.15, 0.2) is 46.9 Å². The number of hydrogen-bond acceptors (Lipinski definition) is 6. The monoisotopic (exact) mass is 452 g/mol. The Labute approximate surface area is 188 Å². The van der Waals surface area contributed by atoms with Gasteiger partial charge in [0.1, 0.15) is 4.83 Å². The Balaban J connectivity index is 1.87. The number of rotatable bonds is 5. The topological polar surface area (TPSA) is 61.4 Å². The summed E-state index contributed by atoms with van der Waals surface area (Å²) in [6.45, 7) is 10.7. The summed E-state index contributed by atoms with van der Waals surface area (Å²) in [7, 11) is 0. The molecule has 0 saturated heterocycles. The lowest BCUT2D eigenvalue weighted by atomic mass is 9.96. The summed E-state index contributed by atoms with van der Waals surface area (Å²) >= 11 is 3.19. The summed E-state index contributed by atoms with van der Waals surface area (Å²) in [4.78, 5) is 15.9. The van der Waals surface area contributed by atoms with Gasteiger partial charge in [-0.25, -0.2) is 8.97 Å². The first kappa shape index (κ1) is 20.5. The van der Waals surface area contributed by atoms with Crippen LogP contribution in [0.3, 0.4) is 0 Å². The van der Waals surface area contributed by atoms with E-state index in [0.29, 0.717) is 18.3 Å². The van der Waals surface area contributed by atoms with Gasteiger partial charge < -0.3 is 4.74 Å². The van der Waals surface area contributed by atoms with Crippen LogP contribution in [0.25, 0.3) is 21.7 Å². The van der Waals surface area contributed by atoms with Gasteiger partial charge in [0, 0.05) is 17.1 Å². The number of thioether (sulfide) groups is 1. The molecular weight excluding hydrogens is 428 g/mol. The Morgan fingerprint density at radius 1 is 1.39 bits per heavy atom. The molecule has 1 atom stereocenters. The average Bonchev–Trinajstić information content (AvgIpc) is 3.33. The van der Waals surface area contributed by atoms with Crippen molar-refractivity contribution >= 4 is 39.1 Å². The maximum absolute atomic E-state index is 13.9. The lowest BCUT2D eigenvalue weighted by Crippen LogP contribution is -2.28. The summed E-state index contributed by atoms with van der Waals surface area (Å²) in [5, 5.41) is 10.4. The second-order valence-corrected chi connectivity index (χ2v) is 10.2. The van der Waals surface area contributed by atoms with Crippen molar-refractivity contribution in [3.05, 3.63) is 63.3 Å². The predicted octanol–water partition coefficient (Wildman–Crippen LogP) is 4.78. The zero-order valence-corrected chi connectivity index (χ0v) is 19.4. The highest BCUT2D eigenvalue weighted by Crippen LogP contribution is 2.37. The van der Waals surface area contributed by atoms with Crippen LogP contribution in [0.4, 0.5) is 0 Å². The Bertz CT molecular complexity index is 1370. The molecule has 3 aromatic heterocycles. The molecule has 4 aromatic rings. The van der Waals surface area contributed by atoms with E-state index in [-0.39, 0.29) is 11.7 Å². The molecular formula is C23H24N4O2S2. The van der Waals surface area contributed by atoms with Crippen LogP contribution in [0, 0.1) is 12.8 Å². The number of aryl methyl sites for hydroxylation is 1. The van der Waals surface area contributed by atoms with Gasteiger partial charge in [0.25, 0.3) is 5.56 Å². The summed E-state index contributed by atoms with van der Waals surface area (Å²) in [5.74, 6) is 1.64. The summed E-state index contributed by atoms with van der Waals surface area (Å²) in [6, 6.07) is 7.95. The van der Waals surface area contributed by atoms with Gasteiger partial charge in [0.05, 0.1) is 23.8 Å². The van der Waals surface area contributed by atoms with E-state index in [1.165, 1.54) is 0 Å². The summed E-state index contributed by atoms with van der Waals surface area (Å²) in [6.07, 6.45) is 2.71. The number of hydrogen-bond donors (Lipinski definition) is 0. The zero-order chi connectivity index (χ0) is 21.7. The molecule has 0 saturated carbocycles. The molecule has 0 N–H and O–H groups in total. The Kier molecular flexibility index (Phi) is 5.24. The van der Waals surface area contributed by atoms with Gasteiger partial charge in [-0.05, 0) is 36.1 Å². The molecule has 31 heavy (non-hydrogen) atoms. The number of nitrogens with zero attached hydrogens (tertiary/aromatic N) is 4. The molecule has 0 amide bonds. The van der Waals surface area contributed by atoms with Crippen LogP contribution < -0.4 is 5.56 Å². The molecule has 160 valence electrons. The first-order chi connectivity index (χ1) is 15.0. The summed E-state index contributed by atoms with van der Waals surface area (Å²) < 4.78 is 9.83. The van der Waals surface area contributed by atoms with Crippen molar-refractivity contribution < 1.29 is 4.74 Å². The van der Waals surface area contributed by atoms with Crippen molar-refractivity contribution in [3.8, 4) is 5.69 Å². The van der Waals surface area contributed by atoms with E-state index < -0.39 is 0 Å². The minimum atomic E-state index is -0.0392. The molecule has 0 aliphatic carbocycles. The number of benzene rings is 1. The van der Waals surface area contributed by atoms with Crippen molar-refractivity contribution in [3.63, 3.8) is 0 Å². The third-order valence-corrected chi connectivity index (χ3v) is 7.79. The Morgan fingerprint density at radius 2 is 2.23 bits per heavy atom. The van der Waals surface area contributed by atoms with E-state index in [1.54, 1.807) is 27.7 Å². The molecule has 8 heteroatoms. The normalized spacial score (nSPS) is 16.3. The van der Waals surface area contributed by atoms with E-state index in [2.05, 4.69) is 30.6 Å². The highest BCUT2D eigenvalue weighted by atomic mass is 32.2. The molecule has 1 aliphatic heterocycles. The van der Waals surface area contributed by atoms with Crippen molar-refractivity contribution in [2.24, 2.45) is 5.92 Å². The molecule has 1 aromatic carbocycles. The van der Waals surface area contributed by atoms with E-state index >= 15 is 0 Å². The smallest absolute Gasteiger partial charge is 0.268 e. The van der Waals surface area contributed by atoms with Crippen molar-refractivity contribution in [1.82, 2.24) is 19.2 Å². The third-order valence-electron chi connectivity index (χ3n) is 5.68. The fourth-order valence-corrected chi connectivity index (χ4v) is 6.06. The fraction of sp³-hybridized carbons (Fsp3) is 0.348. The molecule has 4 heterocycles. The number of thiophene rings is 1. The fourth-order valence-electron chi connectivity index (χ4n) is 4.09. The van der Waals surface area contributed by atoms with Crippen molar-refractivity contribution in [1.29, 1.82) is 0 Å². The largest absolute Gasteiger partial charge is 0.372 e. The zero-order valence-electron chi connectivity index (χ0n) is 17.8. The van der Waals surface area contributed by atoms with Gasteiger partial charge >= 0.3 is 0 Å². The minimum Gasteiger partial charge on any atom is -0.372 e. The Hall–Kier alpha value is -2.42. The van der Waals surface area contributed by atoms with Crippen LogP contribution in [-0.4, -0.2) is 31.0 Å². The maximum Gasteiger partial charge on any atom is 0.268 e. The van der Waals surface area contributed by atoms with E-state index in [1.807, 2.05) is 41.7 Å². The Morgan fingerprint density at radius 3 is 2.97 bits per heavy atom. The van der Waals surface area contributed by atoms with Crippen LogP contribution in [0.5, 0.6) is 0 Å². The second kappa shape index (κ2) is 7.93. The maximum atomic E-state index is 13.9. The number of fused-ring (bicyclic) bond motifs is 5. The molecule has 0 radical (unpaired) electrons. The molecule has 0 fully saturated rings. The lowest BCUT2D eigenvalue weighted by molar-refractivity contribution is 0.00200. The van der Waals surface area contributed by atoms with E-state index in [0.717, 1.165) is 49.2 Å². The van der Waals surface area contributed by atoms with Crippen LogP contribution in [-0.2, 0) is 17.8 Å². The van der Waals surface area contributed by atoms with Crippen molar-refractivity contribution in [2.45, 2.75) is 45.1 Å². The quantitative estimate of drug-likeness (QED) is 0.322. The van der Waals surface area contributed by atoms with E-state index in [9.17, 15) is 4.79 Å². The highest BCUT2D eigenvalue weighted by molar-refractivity contribution is 7.99. The standard InChI is InChI=1S/C23H24N4O2S2/c1-5-9-30-23-25-24-22-26(15-8-6-7-14(4)10-15)20(28)19-16-11-17(13(2)3)29-12-18(16)31-21(19)27(22)23/h5-8,10,13,17H,1,9,11-12H2,2-4H3/t17-/m1/s1. The van der Waals surface area contributed by atoms with Gasteiger partial charge in [-0.2, -0.15) is 0 Å². The first-order valence-electron chi connectivity index (χ1n) is 10.4. The highest BCUT2D eigenvalue weighted by Gasteiger charge is 2.30. The molecule has 0 unspecified atom stereocenters. The number of aromatic nitrogens is 4. The molecule has 0 bridgehead atoms. The van der Waals surface area contributed by atoms with Gasteiger partial charge in [0.2, 0.25) is 5.78 Å². The predicted molar refractivity (Wildman–Crippen MR) is 127 cm³/mol. The van der Waals surface area contributed by atoms with Crippen LogP contribution in [0.1, 0.15) is 29.9 Å². The molecule has 5 rings (SSSR count). The molecule has 1 aliphatic rings. The first-order valence-corrected chi connectivity index (χ1v) is 12.2. The van der Waals surface area contributed by atoms with Gasteiger partial charge in [-0.1, -0.05) is 43.8 Å². The van der Waals surface area contributed by atoms with Gasteiger partial charge in [0.15, 0.2) is 5.16 Å². The minimum absolute atomic E-state index is 0.0392. The van der Waals surface area contributed by atoms with E-state index in [4.69, 9.17) is 4.74 Å². The SMILES string of the molecule is C=CCSc1nnc2n(-c3cccc(C)c3)c(=O)c3c4c(sc3n12)CO[C@@H](C(C)C)C4. The third kappa shape index (κ3) is 3.33. The second-order valence-electron chi connectivity index (χ2n) is 8.18. The van der Waals surface area contributed by atoms with Crippen LogP contribution in [0.2, 0.25) is 0 Å². The van der Waals surface area contributed by atoms with Gasteiger partial charge in [-0.3, -0.25) is 4.79 Å².